The number of halogens is 1. The van der Waals surface area contributed by atoms with Gasteiger partial charge in [0.25, 0.3) is 0 Å². The van der Waals surface area contributed by atoms with Crippen LogP contribution >= 0.6 is 28.7 Å². The second kappa shape index (κ2) is 20.2. The topological polar surface area (TPSA) is 277 Å². The number of nitrogen functional groups attached to an aromatic ring is 2. The first-order chi connectivity index (χ1) is 32.7. The van der Waals surface area contributed by atoms with E-state index in [-0.39, 0.29) is 11.8 Å². The van der Waals surface area contributed by atoms with Crippen molar-refractivity contribution in [1.29, 1.82) is 0 Å². The summed E-state index contributed by atoms with van der Waals surface area (Å²) >= 11 is 6.78. The van der Waals surface area contributed by atoms with Crippen LogP contribution in [-0.4, -0.2) is 80.0 Å². The summed E-state index contributed by atoms with van der Waals surface area (Å²) in [4.78, 5) is 42.0. The van der Waals surface area contributed by atoms with E-state index in [0.717, 1.165) is 56.2 Å². The minimum atomic E-state index is -1.17. The summed E-state index contributed by atoms with van der Waals surface area (Å²) in [6, 6.07) is 29.8. The standard InChI is InChI=1S/C24H23BrN6O2.C24H24N6O2.BHNS/c25-19-20(15-8-10-24(27,11-9-15)23(32)33)30-22-17(13-29-31(22)21(19)26)16-6-7-18(28-12-16)14-4-2-1-3-5-14;25-21-12-20(16-8-10-24(26,11-9-16)23(31)32)29-22-18(14-28-30(21)22)17-6-7-19(27-13-17)15-4-2-1-3-5-15;1-2-3/h1-7,12-13,15H,8-11,26-27H2,(H,32,33);1-7,12-14,16H,8-11,25-26H2,(H,31,32);3H. The molecule has 20 heteroatoms. The van der Waals surface area contributed by atoms with Gasteiger partial charge in [0.15, 0.2) is 11.3 Å². The van der Waals surface area contributed by atoms with Gasteiger partial charge in [-0.15, -0.1) is 0 Å². The number of rotatable bonds is 8. The number of aromatic nitrogens is 8. The van der Waals surface area contributed by atoms with Crippen LogP contribution in [0.15, 0.2) is 125 Å². The van der Waals surface area contributed by atoms with E-state index in [1.54, 1.807) is 21.4 Å². The molecule has 8 aromatic rings. The summed E-state index contributed by atoms with van der Waals surface area (Å²) in [5.41, 5.74) is 32.8. The third kappa shape index (κ3) is 9.75. The van der Waals surface area contributed by atoms with E-state index in [1.807, 2.05) is 103 Å². The molecule has 2 aliphatic rings. The number of pyridine rings is 2. The van der Waals surface area contributed by atoms with Gasteiger partial charge >= 0.3 is 36.7 Å². The SMILES string of the molecule is Nc1c(Br)c(C2CCC(N)(C(=O)O)CC2)nc2c(-c3ccc(-c4ccccc4)nc3)cnn12.Nc1cc(C2CCC(N)(C(=O)O)CC2)nc2c(-c3ccc(-c4ccccc4)nc3)cnn12.[B]=NS. The summed E-state index contributed by atoms with van der Waals surface area (Å²) in [7, 11) is 4.34. The van der Waals surface area contributed by atoms with Crippen LogP contribution in [-0.2, 0) is 9.59 Å². The number of hydrogen-bond donors (Lipinski definition) is 7. The number of hydrogen-bond acceptors (Lipinski definition) is 14. The first-order valence-corrected chi connectivity index (χ1v) is 23.0. The van der Waals surface area contributed by atoms with Crippen molar-refractivity contribution in [3.63, 3.8) is 0 Å². The van der Waals surface area contributed by atoms with Crippen LogP contribution in [0.5, 0.6) is 0 Å². The van der Waals surface area contributed by atoms with Crippen LogP contribution in [0.4, 0.5) is 11.6 Å². The van der Waals surface area contributed by atoms with Crippen molar-refractivity contribution < 1.29 is 19.8 Å². The zero-order chi connectivity index (χ0) is 48.2. The number of carboxylic acid groups (broad SMARTS) is 2. The molecule has 2 aliphatic carbocycles. The van der Waals surface area contributed by atoms with Crippen molar-refractivity contribution in [2.24, 2.45) is 15.8 Å². The Labute approximate surface area is 406 Å². The van der Waals surface area contributed by atoms with E-state index in [2.05, 4.69) is 60.8 Å². The Kier molecular flexibility index (Phi) is 14.1. The summed E-state index contributed by atoms with van der Waals surface area (Å²) in [6.07, 6.45) is 11.3. The molecule has 0 spiro atoms. The fraction of sp³-hybridized carbons (Fsp3) is 0.250. The van der Waals surface area contributed by atoms with Crippen LogP contribution in [0.25, 0.3) is 56.1 Å². The van der Waals surface area contributed by atoms with Crippen LogP contribution in [0.1, 0.15) is 74.6 Å². The Morgan fingerprint density at radius 2 is 1.10 bits per heavy atom. The van der Waals surface area contributed by atoms with Crippen molar-refractivity contribution in [2.45, 2.75) is 74.3 Å². The zero-order valence-corrected chi connectivity index (χ0v) is 39.2. The molecule has 1 radical (unpaired) electrons. The number of carboxylic acids is 2. The molecule has 0 atom stereocenters. The fourth-order valence-corrected chi connectivity index (χ4v) is 9.41. The van der Waals surface area contributed by atoms with Crippen LogP contribution in [0.2, 0.25) is 0 Å². The molecule has 0 aliphatic heterocycles. The minimum absolute atomic E-state index is 0.0593. The quantitative estimate of drug-likeness (QED) is 0.0563. The van der Waals surface area contributed by atoms with Gasteiger partial charge in [-0.25, -0.2) is 9.97 Å². The molecule has 2 saturated carbocycles. The van der Waals surface area contributed by atoms with Gasteiger partial charge in [0, 0.05) is 69.4 Å². The van der Waals surface area contributed by atoms with Crippen molar-refractivity contribution in [3.8, 4) is 44.8 Å². The average molecular weight is 994 g/mol. The van der Waals surface area contributed by atoms with Crippen molar-refractivity contribution in [2.75, 3.05) is 11.5 Å². The predicted octanol–water partition coefficient (Wildman–Crippen LogP) is 7.91. The molecule has 10 rings (SSSR count). The molecule has 345 valence electrons. The monoisotopic (exact) mass is 992 g/mol. The number of fused-ring (bicyclic) bond motifs is 2. The van der Waals surface area contributed by atoms with Crippen molar-refractivity contribution in [3.05, 3.63) is 132 Å². The first-order valence-electron chi connectivity index (χ1n) is 21.8. The number of carbonyl (C=O) groups is 2. The second-order valence-electron chi connectivity index (χ2n) is 17.1. The number of anilines is 2. The van der Waals surface area contributed by atoms with Crippen LogP contribution in [0, 0.1) is 0 Å². The van der Waals surface area contributed by atoms with Gasteiger partial charge in [-0.3, -0.25) is 19.6 Å². The molecule has 0 amide bonds. The van der Waals surface area contributed by atoms with Gasteiger partial charge in [-0.2, -0.15) is 19.2 Å². The first kappa shape index (κ1) is 47.6. The van der Waals surface area contributed by atoms with Gasteiger partial charge < -0.3 is 33.1 Å². The van der Waals surface area contributed by atoms with Crippen LogP contribution < -0.4 is 22.9 Å². The number of nitrogens with zero attached hydrogens (tertiary/aromatic N) is 9. The third-order valence-corrected chi connectivity index (χ3v) is 13.7. The molecule has 0 saturated heterocycles. The molecule has 17 nitrogen and oxygen atoms in total. The molecule has 68 heavy (non-hydrogen) atoms. The van der Waals surface area contributed by atoms with E-state index in [0.29, 0.717) is 78.8 Å². The maximum absolute atomic E-state index is 11.5. The van der Waals surface area contributed by atoms with Crippen molar-refractivity contribution >= 4 is 71.3 Å². The van der Waals surface area contributed by atoms with E-state index in [1.165, 1.54) is 0 Å². The summed E-state index contributed by atoms with van der Waals surface area (Å²) in [5.74, 6) is -0.773. The summed E-state index contributed by atoms with van der Waals surface area (Å²) in [6.45, 7) is 0. The average Bonchev–Trinajstić information content (AvgIpc) is 4.00. The second-order valence-corrected chi connectivity index (χ2v) is 18.1. The zero-order valence-electron chi connectivity index (χ0n) is 36.7. The number of aliphatic carboxylic acids is 2. The number of nitrogens with two attached hydrogens (primary N) is 4. The van der Waals surface area contributed by atoms with Gasteiger partial charge in [0.1, 0.15) is 22.7 Å². The Hall–Kier alpha value is -6.87. The Bertz CT molecular complexity index is 3090. The molecule has 2 aromatic carbocycles. The van der Waals surface area contributed by atoms with Gasteiger partial charge in [0.2, 0.25) is 0 Å². The molecule has 6 heterocycles. The van der Waals surface area contributed by atoms with Crippen LogP contribution in [0.3, 0.4) is 0 Å². The van der Waals surface area contributed by atoms with Gasteiger partial charge in [-0.1, -0.05) is 72.8 Å². The molecule has 2 fully saturated rings. The van der Waals surface area contributed by atoms with E-state index >= 15 is 0 Å². The Balaban J connectivity index is 0.000000174. The number of thiol groups is 1. The number of benzene rings is 2. The van der Waals surface area contributed by atoms with Gasteiger partial charge in [-0.05, 0) is 79.4 Å². The maximum atomic E-state index is 11.5. The molecule has 0 bridgehead atoms. The van der Waals surface area contributed by atoms with E-state index in [4.69, 9.17) is 32.9 Å². The summed E-state index contributed by atoms with van der Waals surface area (Å²) in [5, 5.41) is 27.7. The third-order valence-electron chi connectivity index (χ3n) is 12.9. The van der Waals surface area contributed by atoms with E-state index in [9.17, 15) is 19.8 Å². The fourth-order valence-electron chi connectivity index (χ4n) is 8.83. The Morgan fingerprint density at radius 1 is 0.662 bits per heavy atom. The molecular formula is C48H48BBrN13O4S. The summed E-state index contributed by atoms with van der Waals surface area (Å²) < 4.78 is 6.62. The molecule has 6 aromatic heterocycles. The predicted molar refractivity (Wildman–Crippen MR) is 269 cm³/mol. The normalized spacial score (nSPS) is 20.1. The van der Waals surface area contributed by atoms with Crippen molar-refractivity contribution in [1.82, 2.24) is 39.2 Å². The molecule has 10 N–H and O–H groups in total. The molecular weight excluding hydrogens is 945 g/mol. The molecule has 0 unspecified atom stereocenters. The Morgan fingerprint density at radius 3 is 1.54 bits per heavy atom. The van der Waals surface area contributed by atoms with E-state index < -0.39 is 23.0 Å². The van der Waals surface area contributed by atoms with Gasteiger partial charge in [0.05, 0.1) is 33.9 Å².